The van der Waals surface area contributed by atoms with Crippen LogP contribution in [0.4, 0.5) is 0 Å². The molecular formula is C30H40N6O9. The van der Waals surface area contributed by atoms with Gasteiger partial charge >= 0.3 is 0 Å². The molecule has 1 aliphatic rings. The van der Waals surface area contributed by atoms with E-state index in [1.807, 2.05) is 0 Å². The van der Waals surface area contributed by atoms with Crippen molar-refractivity contribution in [1.82, 2.24) is 31.5 Å². The first kappa shape index (κ1) is 36.3. The van der Waals surface area contributed by atoms with E-state index < -0.39 is 48.7 Å². The maximum atomic E-state index is 12.9. The lowest BCUT2D eigenvalue weighted by molar-refractivity contribution is -0.137. The van der Waals surface area contributed by atoms with E-state index >= 15 is 0 Å². The van der Waals surface area contributed by atoms with Gasteiger partial charge in [0.15, 0.2) is 5.78 Å². The number of nitrogens with zero attached hydrogens (tertiary/aromatic N) is 1. The third-order valence-corrected chi connectivity index (χ3v) is 6.45. The predicted molar refractivity (Wildman–Crippen MR) is 160 cm³/mol. The SMILES string of the molecule is CC(C)C(=O)COCNC(=O)CNC(=O)[C@H](Cc1ccccc1)NC(=O)CNC(=O)CNC(=O)CCCCN1C(=O)C=CC1=O. The fraction of sp³-hybridized carbons (Fsp3) is 0.467. The molecule has 0 unspecified atom stereocenters. The van der Waals surface area contributed by atoms with E-state index in [1.54, 1.807) is 44.2 Å². The topological polar surface area (TPSA) is 209 Å². The van der Waals surface area contributed by atoms with Gasteiger partial charge in [-0.1, -0.05) is 44.2 Å². The number of hydrogen-bond acceptors (Lipinski definition) is 9. The summed E-state index contributed by atoms with van der Waals surface area (Å²) >= 11 is 0. The largest absolute Gasteiger partial charge is 0.353 e. The summed E-state index contributed by atoms with van der Waals surface area (Å²) in [5.41, 5.74) is 0.743. The van der Waals surface area contributed by atoms with E-state index in [4.69, 9.17) is 4.74 Å². The molecule has 244 valence electrons. The number of Topliss-reactive ketones (excluding diaryl/α,β-unsaturated/α-hetero) is 1. The molecule has 0 saturated heterocycles. The number of benzene rings is 1. The second-order valence-electron chi connectivity index (χ2n) is 10.4. The number of amides is 7. The van der Waals surface area contributed by atoms with Crippen molar-refractivity contribution in [2.24, 2.45) is 5.92 Å². The summed E-state index contributed by atoms with van der Waals surface area (Å²) in [6, 6.07) is 7.80. The molecule has 15 nitrogen and oxygen atoms in total. The highest BCUT2D eigenvalue weighted by atomic mass is 16.5. The number of imide groups is 1. The fourth-order valence-corrected chi connectivity index (χ4v) is 3.82. The number of hydrogen-bond donors (Lipinski definition) is 5. The van der Waals surface area contributed by atoms with Crippen LogP contribution >= 0.6 is 0 Å². The van der Waals surface area contributed by atoms with Gasteiger partial charge in [-0.15, -0.1) is 0 Å². The lowest BCUT2D eigenvalue weighted by atomic mass is 10.1. The Hall–Kier alpha value is -4.92. The molecule has 1 aromatic rings. The fourth-order valence-electron chi connectivity index (χ4n) is 3.82. The smallest absolute Gasteiger partial charge is 0.253 e. The Morgan fingerprint density at radius 3 is 2.02 bits per heavy atom. The molecule has 7 amide bonds. The first-order chi connectivity index (χ1) is 21.5. The molecule has 0 aliphatic carbocycles. The molecule has 0 spiro atoms. The second-order valence-corrected chi connectivity index (χ2v) is 10.4. The molecule has 5 N–H and O–H groups in total. The number of carbonyl (C=O) groups excluding carboxylic acids is 8. The zero-order valence-electron chi connectivity index (χ0n) is 25.4. The lowest BCUT2D eigenvalue weighted by Gasteiger charge is -2.19. The van der Waals surface area contributed by atoms with Crippen LogP contribution in [0.15, 0.2) is 42.5 Å². The molecule has 0 aromatic heterocycles. The van der Waals surface area contributed by atoms with E-state index in [0.717, 1.165) is 10.5 Å². The minimum Gasteiger partial charge on any atom is -0.353 e. The normalized spacial score (nSPS) is 12.9. The van der Waals surface area contributed by atoms with Crippen LogP contribution in [0.2, 0.25) is 0 Å². The Morgan fingerprint density at radius 2 is 1.36 bits per heavy atom. The van der Waals surface area contributed by atoms with Gasteiger partial charge in [0, 0.05) is 37.5 Å². The molecular weight excluding hydrogens is 588 g/mol. The average Bonchev–Trinajstić information content (AvgIpc) is 3.34. The lowest BCUT2D eigenvalue weighted by Crippen LogP contribution is -2.52. The molecule has 15 heteroatoms. The highest BCUT2D eigenvalue weighted by molar-refractivity contribution is 6.12. The number of unbranched alkanes of at least 4 members (excludes halogenated alkanes) is 1. The average molecular weight is 629 g/mol. The monoisotopic (exact) mass is 628 g/mol. The highest BCUT2D eigenvalue weighted by Crippen LogP contribution is 2.07. The van der Waals surface area contributed by atoms with Crippen molar-refractivity contribution in [1.29, 1.82) is 0 Å². The summed E-state index contributed by atoms with van der Waals surface area (Å²) in [6.45, 7) is 2.06. The Bertz CT molecular complexity index is 1250. The minimum atomic E-state index is -1.06. The third-order valence-electron chi connectivity index (χ3n) is 6.45. The highest BCUT2D eigenvalue weighted by Gasteiger charge is 2.23. The molecule has 2 rings (SSSR count). The molecule has 0 bridgehead atoms. The van der Waals surface area contributed by atoms with Gasteiger partial charge in [0.25, 0.3) is 11.8 Å². The molecule has 0 saturated carbocycles. The van der Waals surface area contributed by atoms with Gasteiger partial charge in [0.2, 0.25) is 29.5 Å². The Labute approximate surface area is 260 Å². The molecule has 0 fully saturated rings. The summed E-state index contributed by atoms with van der Waals surface area (Å²) in [7, 11) is 0. The van der Waals surface area contributed by atoms with E-state index in [9.17, 15) is 38.4 Å². The van der Waals surface area contributed by atoms with Crippen LogP contribution in [0, 0.1) is 5.92 Å². The van der Waals surface area contributed by atoms with Crippen molar-refractivity contribution < 1.29 is 43.1 Å². The first-order valence-electron chi connectivity index (χ1n) is 14.5. The summed E-state index contributed by atoms with van der Waals surface area (Å²) in [5, 5.41) is 12.2. The molecule has 1 heterocycles. The summed E-state index contributed by atoms with van der Waals surface area (Å²) in [6.07, 6.45) is 3.39. The van der Waals surface area contributed by atoms with Crippen LogP contribution in [0.25, 0.3) is 0 Å². The molecule has 1 aliphatic heterocycles. The van der Waals surface area contributed by atoms with Crippen LogP contribution in [-0.4, -0.2) is 97.6 Å². The van der Waals surface area contributed by atoms with Gasteiger partial charge in [-0.3, -0.25) is 43.3 Å². The predicted octanol–water partition coefficient (Wildman–Crippen LogP) is -1.53. The van der Waals surface area contributed by atoms with Crippen molar-refractivity contribution in [2.75, 3.05) is 39.5 Å². The molecule has 1 atom stereocenters. The molecule has 0 radical (unpaired) electrons. The number of ketones is 1. The van der Waals surface area contributed by atoms with Crippen LogP contribution in [0.5, 0.6) is 0 Å². The third kappa shape index (κ3) is 14.4. The van der Waals surface area contributed by atoms with Gasteiger partial charge in [-0.2, -0.15) is 0 Å². The Morgan fingerprint density at radius 1 is 0.756 bits per heavy atom. The van der Waals surface area contributed by atoms with Crippen LogP contribution in [0.1, 0.15) is 38.7 Å². The Kier molecular flexibility index (Phi) is 15.6. The zero-order valence-corrected chi connectivity index (χ0v) is 25.4. The zero-order chi connectivity index (χ0) is 33.2. The summed E-state index contributed by atoms with van der Waals surface area (Å²) in [4.78, 5) is 97.4. The van der Waals surface area contributed by atoms with Gasteiger partial charge in [-0.25, -0.2) is 0 Å². The number of rotatable bonds is 20. The van der Waals surface area contributed by atoms with Crippen molar-refractivity contribution >= 4 is 47.1 Å². The number of ether oxygens (including phenoxy) is 1. The van der Waals surface area contributed by atoms with Gasteiger partial charge in [-0.05, 0) is 18.4 Å². The minimum absolute atomic E-state index is 0.0799. The quantitative estimate of drug-likeness (QED) is 0.0644. The van der Waals surface area contributed by atoms with E-state index in [0.29, 0.717) is 12.8 Å². The number of carbonyl (C=O) groups is 8. The maximum absolute atomic E-state index is 12.9. The van der Waals surface area contributed by atoms with E-state index in [2.05, 4.69) is 26.6 Å². The van der Waals surface area contributed by atoms with Crippen molar-refractivity contribution in [3.63, 3.8) is 0 Å². The second kappa shape index (κ2) is 19.4. The van der Waals surface area contributed by atoms with Crippen LogP contribution in [0.3, 0.4) is 0 Å². The van der Waals surface area contributed by atoms with Gasteiger partial charge < -0.3 is 31.3 Å². The Balaban J connectivity index is 1.72. The maximum Gasteiger partial charge on any atom is 0.253 e. The van der Waals surface area contributed by atoms with Gasteiger partial charge in [0.1, 0.15) is 19.4 Å². The first-order valence-corrected chi connectivity index (χ1v) is 14.5. The van der Waals surface area contributed by atoms with E-state index in [-0.39, 0.29) is 62.8 Å². The summed E-state index contributed by atoms with van der Waals surface area (Å²) < 4.78 is 5.10. The van der Waals surface area contributed by atoms with E-state index in [1.165, 1.54) is 12.2 Å². The van der Waals surface area contributed by atoms with Gasteiger partial charge in [0.05, 0.1) is 19.6 Å². The number of nitrogens with one attached hydrogen (secondary N) is 5. The van der Waals surface area contributed by atoms with Crippen molar-refractivity contribution in [2.45, 2.75) is 45.6 Å². The van der Waals surface area contributed by atoms with Crippen molar-refractivity contribution in [3.8, 4) is 0 Å². The molecule has 1 aromatic carbocycles. The van der Waals surface area contributed by atoms with Crippen LogP contribution < -0.4 is 26.6 Å². The standard InChI is InChI=1S/C30H40N6O9/c1-20(2)23(37)18-45-19-34-26(40)16-33-30(44)22(14-21-8-4-3-5-9-21)35-27(41)17-32-25(39)15-31-24(38)10-6-7-13-36-28(42)11-12-29(36)43/h3-5,8-9,11-12,20,22H,6-7,10,13-19H2,1-2H3,(H,31,38)(H,32,39)(H,33,44)(H,34,40)(H,35,41)/t22-/m0/s1. The van der Waals surface area contributed by atoms with Crippen LogP contribution in [-0.2, 0) is 49.5 Å². The summed E-state index contributed by atoms with van der Waals surface area (Å²) in [5.74, 6) is -3.99. The molecule has 45 heavy (non-hydrogen) atoms. The van der Waals surface area contributed by atoms with Crippen molar-refractivity contribution in [3.05, 3.63) is 48.0 Å².